The Morgan fingerprint density at radius 2 is 2.12 bits per heavy atom. The molecular formula is C11H13N3O2S. The molecule has 0 aromatic carbocycles. The van der Waals surface area contributed by atoms with Crippen LogP contribution in [-0.2, 0) is 10.0 Å². The van der Waals surface area contributed by atoms with Crippen LogP contribution in [0.2, 0.25) is 0 Å². The molecule has 1 fully saturated rings. The van der Waals surface area contributed by atoms with Crippen LogP contribution in [-0.4, -0.2) is 30.8 Å². The minimum atomic E-state index is -3.43. The van der Waals surface area contributed by atoms with Gasteiger partial charge in [-0.25, -0.2) is 8.42 Å². The molecule has 1 aliphatic heterocycles. The number of nitrogens with zero attached hydrogens (tertiary/aromatic N) is 3. The quantitative estimate of drug-likeness (QED) is 0.786. The van der Waals surface area contributed by atoms with Gasteiger partial charge in [0, 0.05) is 31.4 Å². The van der Waals surface area contributed by atoms with Crippen molar-refractivity contribution < 1.29 is 8.42 Å². The maximum Gasteiger partial charge on any atom is 0.244 e. The Morgan fingerprint density at radius 1 is 1.41 bits per heavy atom. The van der Waals surface area contributed by atoms with Gasteiger partial charge in [0.2, 0.25) is 10.0 Å². The number of piperidine rings is 1. The molecule has 1 aromatic heterocycles. The molecule has 1 aromatic rings. The summed E-state index contributed by atoms with van der Waals surface area (Å²) in [5, 5.41) is 8.77. The van der Waals surface area contributed by atoms with Crippen molar-refractivity contribution in [2.45, 2.75) is 17.7 Å². The molecular weight excluding hydrogens is 238 g/mol. The minimum absolute atomic E-state index is 0.0182. The Balaban J connectivity index is 2.16. The molecule has 2 rings (SSSR count). The summed E-state index contributed by atoms with van der Waals surface area (Å²) in [6.45, 7) is 0.824. The first kappa shape index (κ1) is 12.0. The van der Waals surface area contributed by atoms with Gasteiger partial charge in [0.15, 0.2) is 0 Å². The lowest BCUT2D eigenvalue weighted by Gasteiger charge is -2.28. The van der Waals surface area contributed by atoms with Crippen LogP contribution in [0.5, 0.6) is 0 Å². The normalized spacial score (nSPS) is 18.8. The van der Waals surface area contributed by atoms with Gasteiger partial charge in [0.25, 0.3) is 0 Å². The summed E-state index contributed by atoms with van der Waals surface area (Å²) in [7, 11) is -3.43. The maximum absolute atomic E-state index is 12.2. The van der Waals surface area contributed by atoms with Gasteiger partial charge in [0.05, 0.1) is 6.07 Å². The summed E-state index contributed by atoms with van der Waals surface area (Å²) in [4.78, 5) is 4.04. The first-order valence-electron chi connectivity index (χ1n) is 5.44. The van der Waals surface area contributed by atoms with E-state index in [2.05, 4.69) is 11.1 Å². The molecule has 0 amide bonds. The third-order valence-electron chi connectivity index (χ3n) is 2.91. The number of rotatable bonds is 2. The SMILES string of the molecule is N#CC1CCN(S(=O)(=O)c2cccnc2)CC1. The lowest BCUT2D eigenvalue weighted by atomic mass is 10.0. The number of hydrogen-bond acceptors (Lipinski definition) is 4. The van der Waals surface area contributed by atoms with Gasteiger partial charge in [-0.1, -0.05) is 0 Å². The first-order valence-corrected chi connectivity index (χ1v) is 6.88. The van der Waals surface area contributed by atoms with E-state index >= 15 is 0 Å². The van der Waals surface area contributed by atoms with Crippen molar-refractivity contribution in [2.75, 3.05) is 13.1 Å². The smallest absolute Gasteiger partial charge is 0.244 e. The molecule has 2 heterocycles. The van der Waals surface area contributed by atoms with E-state index in [-0.39, 0.29) is 10.8 Å². The number of nitriles is 1. The predicted octanol–water partition coefficient (Wildman–Crippen LogP) is 1.01. The third kappa shape index (κ3) is 2.46. The zero-order chi connectivity index (χ0) is 12.3. The zero-order valence-electron chi connectivity index (χ0n) is 9.28. The zero-order valence-corrected chi connectivity index (χ0v) is 10.1. The lowest BCUT2D eigenvalue weighted by Crippen LogP contribution is -2.38. The molecule has 0 atom stereocenters. The third-order valence-corrected chi connectivity index (χ3v) is 4.79. The fourth-order valence-corrected chi connectivity index (χ4v) is 3.31. The number of aromatic nitrogens is 1. The highest BCUT2D eigenvalue weighted by atomic mass is 32.2. The van der Waals surface area contributed by atoms with Crippen molar-refractivity contribution in [3.8, 4) is 6.07 Å². The summed E-state index contributed by atoms with van der Waals surface area (Å²) in [6, 6.07) is 5.33. The second-order valence-corrected chi connectivity index (χ2v) is 5.93. The summed E-state index contributed by atoms with van der Waals surface area (Å²) in [6.07, 6.45) is 4.11. The molecule has 0 aliphatic carbocycles. The van der Waals surface area contributed by atoms with Gasteiger partial charge in [-0.15, -0.1) is 0 Å². The van der Waals surface area contributed by atoms with Gasteiger partial charge < -0.3 is 0 Å². The number of pyridine rings is 1. The second-order valence-electron chi connectivity index (χ2n) is 4.00. The van der Waals surface area contributed by atoms with Gasteiger partial charge in [0.1, 0.15) is 4.90 Å². The fraction of sp³-hybridized carbons (Fsp3) is 0.455. The van der Waals surface area contributed by atoms with E-state index in [1.54, 1.807) is 18.3 Å². The molecule has 1 saturated heterocycles. The van der Waals surface area contributed by atoms with Gasteiger partial charge in [-0.3, -0.25) is 4.98 Å². The van der Waals surface area contributed by atoms with E-state index < -0.39 is 10.0 Å². The van der Waals surface area contributed by atoms with Crippen molar-refractivity contribution >= 4 is 10.0 Å². The van der Waals surface area contributed by atoms with E-state index in [4.69, 9.17) is 5.26 Å². The second kappa shape index (κ2) is 4.82. The van der Waals surface area contributed by atoms with Crippen LogP contribution >= 0.6 is 0 Å². The number of hydrogen-bond donors (Lipinski definition) is 0. The number of sulfonamides is 1. The lowest BCUT2D eigenvalue weighted by molar-refractivity contribution is 0.310. The van der Waals surface area contributed by atoms with E-state index in [1.165, 1.54) is 10.5 Å². The fourth-order valence-electron chi connectivity index (χ4n) is 1.87. The topological polar surface area (TPSA) is 74.1 Å². The standard InChI is InChI=1S/C11H13N3O2S/c12-8-10-3-6-14(7-4-10)17(15,16)11-2-1-5-13-9-11/h1-2,5,9-10H,3-4,6-7H2. The summed E-state index contributed by atoms with van der Waals surface area (Å²) in [5.41, 5.74) is 0. The predicted molar refractivity (Wildman–Crippen MR) is 61.3 cm³/mol. The molecule has 0 unspecified atom stereocenters. The molecule has 5 nitrogen and oxygen atoms in total. The highest BCUT2D eigenvalue weighted by molar-refractivity contribution is 7.89. The summed E-state index contributed by atoms with van der Waals surface area (Å²) in [5.74, 6) is -0.0182. The van der Waals surface area contributed by atoms with Crippen LogP contribution in [0.15, 0.2) is 29.4 Å². The monoisotopic (exact) mass is 251 g/mol. The van der Waals surface area contributed by atoms with E-state index in [0.29, 0.717) is 25.9 Å². The van der Waals surface area contributed by atoms with E-state index in [9.17, 15) is 8.42 Å². The molecule has 0 radical (unpaired) electrons. The van der Waals surface area contributed by atoms with Gasteiger partial charge in [-0.2, -0.15) is 9.57 Å². The van der Waals surface area contributed by atoms with Gasteiger partial charge in [-0.05, 0) is 25.0 Å². The average molecular weight is 251 g/mol. The van der Waals surface area contributed by atoms with Crippen LogP contribution in [0.1, 0.15) is 12.8 Å². The Labute approximate surface area is 101 Å². The van der Waals surface area contributed by atoms with Crippen LogP contribution in [0, 0.1) is 17.2 Å². The average Bonchev–Trinajstić information content (AvgIpc) is 2.40. The first-order chi connectivity index (χ1) is 8.14. The van der Waals surface area contributed by atoms with Crippen LogP contribution < -0.4 is 0 Å². The molecule has 1 aliphatic rings. The van der Waals surface area contributed by atoms with Crippen molar-refractivity contribution in [2.24, 2.45) is 5.92 Å². The maximum atomic E-state index is 12.2. The molecule has 90 valence electrons. The van der Waals surface area contributed by atoms with E-state index in [1.807, 2.05) is 0 Å². The van der Waals surface area contributed by atoms with Crippen LogP contribution in [0.3, 0.4) is 0 Å². The highest BCUT2D eigenvalue weighted by Crippen LogP contribution is 2.22. The van der Waals surface area contributed by atoms with Crippen molar-refractivity contribution in [3.05, 3.63) is 24.5 Å². The van der Waals surface area contributed by atoms with Gasteiger partial charge >= 0.3 is 0 Å². The van der Waals surface area contributed by atoms with Crippen molar-refractivity contribution in [3.63, 3.8) is 0 Å². The Morgan fingerprint density at radius 3 is 2.65 bits per heavy atom. The molecule has 0 N–H and O–H groups in total. The Kier molecular flexibility index (Phi) is 3.41. The van der Waals surface area contributed by atoms with Crippen LogP contribution in [0.4, 0.5) is 0 Å². The molecule has 6 heteroatoms. The molecule has 0 bridgehead atoms. The molecule has 0 saturated carbocycles. The minimum Gasteiger partial charge on any atom is -0.263 e. The van der Waals surface area contributed by atoms with Crippen LogP contribution in [0.25, 0.3) is 0 Å². The Bertz CT molecular complexity index is 513. The summed E-state index contributed by atoms with van der Waals surface area (Å²) >= 11 is 0. The van der Waals surface area contributed by atoms with E-state index in [0.717, 1.165) is 0 Å². The largest absolute Gasteiger partial charge is 0.263 e. The molecule has 0 spiro atoms. The van der Waals surface area contributed by atoms with Crippen molar-refractivity contribution in [1.29, 1.82) is 5.26 Å². The Hall–Kier alpha value is -1.45. The summed E-state index contributed by atoms with van der Waals surface area (Å²) < 4.78 is 25.8. The van der Waals surface area contributed by atoms with Crippen molar-refractivity contribution in [1.82, 2.24) is 9.29 Å². The highest BCUT2D eigenvalue weighted by Gasteiger charge is 2.29. The molecule has 17 heavy (non-hydrogen) atoms.